The van der Waals surface area contributed by atoms with Gasteiger partial charge in [-0.2, -0.15) is 5.10 Å². The number of rotatable bonds is 3. The molecule has 0 radical (unpaired) electrons. The summed E-state index contributed by atoms with van der Waals surface area (Å²) in [6.45, 7) is 5.77. The van der Waals surface area contributed by atoms with E-state index in [4.69, 9.17) is 0 Å². The second kappa shape index (κ2) is 4.57. The van der Waals surface area contributed by atoms with E-state index in [1.165, 1.54) is 18.8 Å². The molecule has 0 atom stereocenters. The first-order valence-electron chi connectivity index (χ1n) is 5.26. The fourth-order valence-electron chi connectivity index (χ4n) is 1.85. The van der Waals surface area contributed by atoms with E-state index >= 15 is 0 Å². The molecule has 1 saturated heterocycles. The van der Waals surface area contributed by atoms with Crippen molar-refractivity contribution in [1.82, 2.24) is 20.0 Å². The third kappa shape index (κ3) is 2.33. The highest BCUT2D eigenvalue weighted by Crippen LogP contribution is 2.00. The van der Waals surface area contributed by atoms with Gasteiger partial charge < -0.3 is 10.2 Å². The predicted octanol–water partition coefficient (Wildman–Crippen LogP) is -0.132. The largest absolute Gasteiger partial charge is 0.314 e. The molecule has 78 valence electrons. The van der Waals surface area contributed by atoms with E-state index in [2.05, 4.69) is 21.4 Å². The average Bonchev–Trinajstić information content (AvgIpc) is 2.63. The van der Waals surface area contributed by atoms with E-state index in [9.17, 15) is 0 Å². The Morgan fingerprint density at radius 1 is 1.43 bits per heavy atom. The minimum Gasteiger partial charge on any atom is -0.314 e. The van der Waals surface area contributed by atoms with E-state index in [1.54, 1.807) is 0 Å². The molecule has 4 nitrogen and oxygen atoms in total. The van der Waals surface area contributed by atoms with Crippen LogP contribution in [0.5, 0.6) is 0 Å². The average molecular weight is 194 g/mol. The summed E-state index contributed by atoms with van der Waals surface area (Å²) in [7, 11) is 2.01. The second-order valence-corrected chi connectivity index (χ2v) is 3.79. The van der Waals surface area contributed by atoms with Gasteiger partial charge in [-0.15, -0.1) is 0 Å². The summed E-state index contributed by atoms with van der Waals surface area (Å²) in [5, 5.41) is 7.53. The molecular weight excluding hydrogens is 176 g/mol. The van der Waals surface area contributed by atoms with Crippen molar-refractivity contribution in [3.05, 3.63) is 18.0 Å². The van der Waals surface area contributed by atoms with Gasteiger partial charge in [-0.3, -0.25) is 4.68 Å². The molecule has 1 aromatic heterocycles. The Bertz CT molecular complexity index is 275. The van der Waals surface area contributed by atoms with Crippen LogP contribution in [0.4, 0.5) is 0 Å². The molecular formula is C10H18N4. The van der Waals surface area contributed by atoms with Gasteiger partial charge in [0.25, 0.3) is 0 Å². The van der Waals surface area contributed by atoms with E-state index in [1.807, 2.05) is 17.9 Å². The smallest absolute Gasteiger partial charge is 0.0492 e. The highest BCUT2D eigenvalue weighted by atomic mass is 15.3. The van der Waals surface area contributed by atoms with Gasteiger partial charge >= 0.3 is 0 Å². The minimum atomic E-state index is 1.11. The molecule has 2 heterocycles. The van der Waals surface area contributed by atoms with Gasteiger partial charge in [-0.1, -0.05) is 0 Å². The van der Waals surface area contributed by atoms with Gasteiger partial charge in [-0.25, -0.2) is 0 Å². The van der Waals surface area contributed by atoms with Crippen molar-refractivity contribution in [2.75, 3.05) is 32.7 Å². The first kappa shape index (κ1) is 9.68. The molecule has 0 bridgehead atoms. The van der Waals surface area contributed by atoms with Gasteiger partial charge in [0.05, 0.1) is 0 Å². The molecule has 2 rings (SSSR count). The molecule has 1 fully saturated rings. The highest BCUT2D eigenvalue weighted by Gasteiger charge is 2.09. The summed E-state index contributed by atoms with van der Waals surface area (Å²) in [6, 6.07) is 2.10. The summed E-state index contributed by atoms with van der Waals surface area (Å²) < 4.78 is 1.96. The van der Waals surface area contributed by atoms with Crippen molar-refractivity contribution in [1.29, 1.82) is 0 Å². The monoisotopic (exact) mass is 194 g/mol. The fraction of sp³-hybridized carbons (Fsp3) is 0.700. The zero-order valence-electron chi connectivity index (χ0n) is 8.74. The van der Waals surface area contributed by atoms with Crippen molar-refractivity contribution in [2.45, 2.75) is 6.42 Å². The zero-order valence-corrected chi connectivity index (χ0v) is 8.74. The maximum atomic E-state index is 4.17. The van der Waals surface area contributed by atoms with Gasteiger partial charge in [0.15, 0.2) is 0 Å². The van der Waals surface area contributed by atoms with Crippen LogP contribution in [0.15, 0.2) is 12.3 Å². The summed E-state index contributed by atoms with van der Waals surface area (Å²) >= 11 is 0. The Hall–Kier alpha value is -0.870. The summed E-state index contributed by atoms with van der Waals surface area (Å²) in [5.41, 5.74) is 1.32. The fourth-order valence-corrected chi connectivity index (χ4v) is 1.85. The van der Waals surface area contributed by atoms with Crippen LogP contribution in [0.3, 0.4) is 0 Å². The molecule has 1 aliphatic rings. The topological polar surface area (TPSA) is 33.1 Å². The molecule has 0 aliphatic carbocycles. The molecule has 0 amide bonds. The second-order valence-electron chi connectivity index (χ2n) is 3.79. The first-order valence-corrected chi connectivity index (χ1v) is 5.26. The van der Waals surface area contributed by atoms with Crippen molar-refractivity contribution in [2.24, 2.45) is 7.05 Å². The Morgan fingerprint density at radius 2 is 2.21 bits per heavy atom. The number of aryl methyl sites for hydroxylation is 1. The molecule has 14 heavy (non-hydrogen) atoms. The standard InChI is InChI=1S/C10H18N4/c1-13-10(2-4-12-13)3-7-14-8-5-11-6-9-14/h2,4,11H,3,5-9H2,1H3. The lowest BCUT2D eigenvalue weighted by Gasteiger charge is -2.26. The van der Waals surface area contributed by atoms with E-state index in [0.717, 1.165) is 26.1 Å². The normalized spacial score (nSPS) is 18.6. The van der Waals surface area contributed by atoms with Crippen LogP contribution in [-0.4, -0.2) is 47.4 Å². The lowest BCUT2D eigenvalue weighted by atomic mass is 10.2. The Morgan fingerprint density at radius 3 is 2.86 bits per heavy atom. The molecule has 0 saturated carbocycles. The number of nitrogens with one attached hydrogen (secondary N) is 1. The third-order valence-corrected chi connectivity index (χ3v) is 2.82. The van der Waals surface area contributed by atoms with Crippen LogP contribution in [-0.2, 0) is 13.5 Å². The lowest BCUT2D eigenvalue weighted by molar-refractivity contribution is 0.242. The summed E-state index contributed by atoms with van der Waals surface area (Å²) in [4.78, 5) is 2.50. The molecule has 0 unspecified atom stereocenters. The first-order chi connectivity index (χ1) is 6.86. The Kier molecular flexibility index (Phi) is 3.16. The molecule has 1 N–H and O–H groups in total. The quantitative estimate of drug-likeness (QED) is 0.727. The molecule has 0 aromatic carbocycles. The SMILES string of the molecule is Cn1nccc1CCN1CCNCC1. The Balaban J connectivity index is 1.79. The summed E-state index contributed by atoms with van der Waals surface area (Å²) in [5.74, 6) is 0. The van der Waals surface area contributed by atoms with Crippen LogP contribution >= 0.6 is 0 Å². The van der Waals surface area contributed by atoms with Crippen molar-refractivity contribution < 1.29 is 0 Å². The molecule has 0 spiro atoms. The lowest BCUT2D eigenvalue weighted by Crippen LogP contribution is -2.44. The summed E-state index contributed by atoms with van der Waals surface area (Å²) in [6.07, 6.45) is 2.98. The third-order valence-electron chi connectivity index (χ3n) is 2.82. The number of nitrogens with zero attached hydrogens (tertiary/aromatic N) is 3. The maximum absolute atomic E-state index is 4.17. The Labute approximate surface area is 84.9 Å². The van der Waals surface area contributed by atoms with E-state index < -0.39 is 0 Å². The van der Waals surface area contributed by atoms with Crippen molar-refractivity contribution in [3.8, 4) is 0 Å². The number of aromatic nitrogens is 2. The predicted molar refractivity (Wildman–Crippen MR) is 56.2 cm³/mol. The van der Waals surface area contributed by atoms with Gasteiger partial charge in [0.1, 0.15) is 0 Å². The van der Waals surface area contributed by atoms with Crippen LogP contribution in [0.1, 0.15) is 5.69 Å². The molecule has 1 aromatic rings. The zero-order chi connectivity index (χ0) is 9.80. The van der Waals surface area contributed by atoms with Crippen LogP contribution in [0.25, 0.3) is 0 Å². The van der Waals surface area contributed by atoms with Crippen molar-refractivity contribution in [3.63, 3.8) is 0 Å². The van der Waals surface area contributed by atoms with E-state index in [0.29, 0.717) is 0 Å². The molecule has 1 aliphatic heterocycles. The van der Waals surface area contributed by atoms with Crippen LogP contribution < -0.4 is 5.32 Å². The van der Waals surface area contributed by atoms with Crippen molar-refractivity contribution >= 4 is 0 Å². The number of hydrogen-bond acceptors (Lipinski definition) is 3. The van der Waals surface area contributed by atoms with Crippen LogP contribution in [0.2, 0.25) is 0 Å². The number of piperazine rings is 1. The van der Waals surface area contributed by atoms with E-state index in [-0.39, 0.29) is 0 Å². The van der Waals surface area contributed by atoms with Gasteiger partial charge in [0, 0.05) is 58.1 Å². The maximum Gasteiger partial charge on any atom is 0.0492 e. The van der Waals surface area contributed by atoms with Crippen LogP contribution in [0, 0.1) is 0 Å². The molecule has 4 heteroatoms. The van der Waals surface area contributed by atoms with Gasteiger partial charge in [0.2, 0.25) is 0 Å². The number of hydrogen-bond donors (Lipinski definition) is 1. The van der Waals surface area contributed by atoms with Gasteiger partial charge in [-0.05, 0) is 6.07 Å². The highest BCUT2D eigenvalue weighted by molar-refractivity contribution is 5.00. The minimum absolute atomic E-state index is 1.11.